The normalized spacial score (nSPS) is 14.2. The minimum Gasteiger partial charge on any atom is -0.0516 e. The highest BCUT2D eigenvalue weighted by Crippen LogP contribution is 2.58. The third-order valence-electron chi connectivity index (χ3n) is 10.4. The zero-order chi connectivity index (χ0) is 26.0. The second kappa shape index (κ2) is 7.22. The Morgan fingerprint density at radius 3 is 1.11 bits per heavy atom. The maximum Gasteiger partial charge on any atom is 0.0164 e. The maximum atomic E-state index is 2.46. The molecular formula is C35H42. The van der Waals surface area contributed by atoms with Crippen LogP contribution in [0.1, 0.15) is 91.7 Å². The number of aryl methyl sites for hydroxylation is 5. The fourth-order valence-corrected chi connectivity index (χ4v) is 7.91. The molecule has 0 fully saturated rings. The summed E-state index contributed by atoms with van der Waals surface area (Å²) in [6.07, 6.45) is 0. The molecule has 0 aromatic heterocycles. The predicted octanol–water partition coefficient (Wildman–Crippen LogP) is 10.0. The second-order valence-corrected chi connectivity index (χ2v) is 12.1. The molecule has 0 amide bonds. The highest BCUT2D eigenvalue weighted by molar-refractivity contribution is 6.17. The Bertz CT molecular complexity index is 1650. The summed E-state index contributed by atoms with van der Waals surface area (Å²) < 4.78 is 0. The van der Waals surface area contributed by atoms with Crippen LogP contribution in [-0.4, -0.2) is 0 Å². The molecule has 0 nitrogen and oxygen atoms in total. The molecule has 0 heterocycles. The lowest BCUT2D eigenvalue weighted by Crippen LogP contribution is -2.19. The lowest BCUT2D eigenvalue weighted by Gasteiger charge is -2.28. The first kappa shape index (κ1) is 24.1. The molecule has 0 aliphatic heterocycles. The highest BCUT2D eigenvalue weighted by atomic mass is 14.4. The zero-order valence-electron chi connectivity index (χ0n) is 24.5. The third-order valence-corrected chi connectivity index (χ3v) is 10.4. The van der Waals surface area contributed by atoms with Crippen molar-refractivity contribution in [3.05, 3.63) is 77.9 Å². The van der Waals surface area contributed by atoms with Crippen LogP contribution in [0, 0.1) is 83.1 Å². The Balaban J connectivity index is 2.20. The van der Waals surface area contributed by atoms with Crippen LogP contribution in [0.4, 0.5) is 0 Å². The summed E-state index contributed by atoms with van der Waals surface area (Å²) in [5, 5.41) is 5.93. The highest BCUT2D eigenvalue weighted by Gasteiger charge is 2.42. The van der Waals surface area contributed by atoms with E-state index in [-0.39, 0.29) is 5.41 Å². The van der Waals surface area contributed by atoms with Gasteiger partial charge in [-0.15, -0.1) is 0 Å². The van der Waals surface area contributed by atoms with E-state index in [0.29, 0.717) is 0 Å². The van der Waals surface area contributed by atoms with Gasteiger partial charge in [0.1, 0.15) is 0 Å². The van der Waals surface area contributed by atoms with Crippen molar-refractivity contribution in [2.24, 2.45) is 0 Å². The monoisotopic (exact) mass is 462 g/mol. The molecule has 0 saturated carbocycles. The molecule has 4 aromatic rings. The average molecular weight is 463 g/mol. The van der Waals surface area contributed by atoms with Crippen LogP contribution in [0.2, 0.25) is 0 Å². The largest absolute Gasteiger partial charge is 0.0516 e. The molecule has 1 aliphatic carbocycles. The summed E-state index contributed by atoms with van der Waals surface area (Å²) in [5.74, 6) is 0. The van der Waals surface area contributed by atoms with Crippen LogP contribution in [0.15, 0.2) is 0 Å². The van der Waals surface area contributed by atoms with E-state index in [1.807, 2.05) is 0 Å². The summed E-state index contributed by atoms with van der Waals surface area (Å²) in [7, 11) is 0. The minimum atomic E-state index is -0.00947. The van der Waals surface area contributed by atoms with Crippen LogP contribution in [0.3, 0.4) is 0 Å². The van der Waals surface area contributed by atoms with Crippen molar-refractivity contribution in [2.75, 3.05) is 0 Å². The van der Waals surface area contributed by atoms with E-state index in [0.717, 1.165) is 0 Å². The van der Waals surface area contributed by atoms with Crippen LogP contribution in [0.5, 0.6) is 0 Å². The van der Waals surface area contributed by atoms with Crippen LogP contribution in [0.25, 0.3) is 32.7 Å². The number of fused-ring (bicyclic) bond motifs is 6. The number of rotatable bonds is 0. The van der Waals surface area contributed by atoms with E-state index in [1.165, 1.54) is 99.4 Å². The van der Waals surface area contributed by atoms with Crippen LogP contribution < -0.4 is 0 Å². The van der Waals surface area contributed by atoms with Crippen LogP contribution >= 0.6 is 0 Å². The van der Waals surface area contributed by atoms with Gasteiger partial charge in [0.2, 0.25) is 0 Å². The van der Waals surface area contributed by atoms with E-state index in [1.54, 1.807) is 11.1 Å². The molecule has 0 bridgehead atoms. The van der Waals surface area contributed by atoms with Crippen molar-refractivity contribution in [1.82, 2.24) is 0 Å². The topological polar surface area (TPSA) is 0 Å². The van der Waals surface area contributed by atoms with E-state index < -0.39 is 0 Å². The molecular weight excluding hydrogens is 420 g/mol. The Hall–Kier alpha value is -2.60. The molecule has 5 rings (SSSR count). The van der Waals surface area contributed by atoms with Crippen molar-refractivity contribution in [2.45, 2.75) is 102 Å². The second-order valence-electron chi connectivity index (χ2n) is 12.1. The van der Waals surface area contributed by atoms with Gasteiger partial charge in [0, 0.05) is 5.41 Å². The Labute approximate surface area is 212 Å². The number of benzene rings is 4. The fourth-order valence-electron chi connectivity index (χ4n) is 7.91. The zero-order valence-corrected chi connectivity index (χ0v) is 24.5. The van der Waals surface area contributed by atoms with Gasteiger partial charge in [-0.1, -0.05) is 13.8 Å². The van der Waals surface area contributed by atoms with Gasteiger partial charge in [-0.05, 0) is 194 Å². The standard InChI is InChI=1S/C35H42/c1-15-16(2)20(6)28-26(12)30-29(25(11)27(28)19(15)5)22(8)24(10)34-32(30)31-21(7)17(3)18(4)23(9)33(31)35(34,13)14/h1-14H3. The molecule has 35 heavy (non-hydrogen) atoms. The van der Waals surface area contributed by atoms with Crippen molar-refractivity contribution in [3.8, 4) is 11.1 Å². The average Bonchev–Trinajstić information content (AvgIpc) is 3.05. The number of hydrogen-bond acceptors (Lipinski definition) is 0. The fraction of sp³-hybridized carbons (Fsp3) is 0.429. The number of hydrogen-bond donors (Lipinski definition) is 0. The van der Waals surface area contributed by atoms with E-state index in [4.69, 9.17) is 0 Å². The molecule has 0 spiro atoms. The molecule has 1 aliphatic rings. The van der Waals surface area contributed by atoms with Crippen molar-refractivity contribution in [1.29, 1.82) is 0 Å². The van der Waals surface area contributed by atoms with Gasteiger partial charge in [-0.25, -0.2) is 0 Å². The van der Waals surface area contributed by atoms with Gasteiger partial charge < -0.3 is 0 Å². The van der Waals surface area contributed by atoms with E-state index in [9.17, 15) is 0 Å². The summed E-state index contributed by atoms with van der Waals surface area (Å²) in [6, 6.07) is 0. The van der Waals surface area contributed by atoms with Gasteiger partial charge in [0.15, 0.2) is 0 Å². The molecule has 0 saturated heterocycles. The van der Waals surface area contributed by atoms with Gasteiger partial charge in [-0.3, -0.25) is 0 Å². The lowest BCUT2D eigenvalue weighted by atomic mass is 9.75. The SMILES string of the molecule is Cc1c(C)c(C)c2c(c1C)-c1c(c(C)c(C)c3c(C)c4c(C)c(C)c(C)c(C)c4c(C)c13)C2(C)C. The summed E-state index contributed by atoms with van der Waals surface area (Å²) in [4.78, 5) is 0. The maximum absolute atomic E-state index is 2.46. The smallest absolute Gasteiger partial charge is 0.0164 e. The Morgan fingerprint density at radius 1 is 0.286 bits per heavy atom. The molecule has 0 radical (unpaired) electrons. The van der Waals surface area contributed by atoms with E-state index >= 15 is 0 Å². The predicted molar refractivity (Wildman–Crippen MR) is 156 cm³/mol. The molecule has 0 N–H and O–H groups in total. The Morgan fingerprint density at radius 2 is 0.600 bits per heavy atom. The molecule has 0 heteroatoms. The first-order valence-corrected chi connectivity index (χ1v) is 13.2. The van der Waals surface area contributed by atoms with Gasteiger partial charge >= 0.3 is 0 Å². The Kier molecular flexibility index (Phi) is 4.97. The quantitative estimate of drug-likeness (QED) is 0.228. The van der Waals surface area contributed by atoms with Crippen molar-refractivity contribution in [3.63, 3.8) is 0 Å². The molecule has 0 unspecified atom stereocenters. The third kappa shape index (κ3) is 2.64. The molecule has 0 atom stereocenters. The molecule has 182 valence electrons. The molecule has 4 aromatic carbocycles. The van der Waals surface area contributed by atoms with Crippen molar-refractivity contribution < 1.29 is 0 Å². The summed E-state index contributed by atoms with van der Waals surface area (Å²) in [5.41, 5.74) is 23.6. The minimum absolute atomic E-state index is 0.00947. The van der Waals surface area contributed by atoms with Crippen LogP contribution in [-0.2, 0) is 5.41 Å². The first-order chi connectivity index (χ1) is 16.2. The summed E-state index contributed by atoms with van der Waals surface area (Å²) in [6.45, 7) is 33.1. The van der Waals surface area contributed by atoms with Crippen molar-refractivity contribution >= 4 is 21.5 Å². The first-order valence-electron chi connectivity index (χ1n) is 13.2. The van der Waals surface area contributed by atoms with Gasteiger partial charge in [0.25, 0.3) is 0 Å². The van der Waals surface area contributed by atoms with Gasteiger partial charge in [0.05, 0.1) is 0 Å². The lowest BCUT2D eigenvalue weighted by molar-refractivity contribution is 0.649. The van der Waals surface area contributed by atoms with E-state index in [2.05, 4.69) is 96.9 Å². The summed E-state index contributed by atoms with van der Waals surface area (Å²) >= 11 is 0. The van der Waals surface area contributed by atoms with Gasteiger partial charge in [-0.2, -0.15) is 0 Å².